The van der Waals surface area contributed by atoms with Crippen molar-refractivity contribution in [3.05, 3.63) is 52.2 Å². The summed E-state index contributed by atoms with van der Waals surface area (Å²) < 4.78 is 10.8. The number of nitrogens with zero attached hydrogens (tertiary/aromatic N) is 3. The minimum absolute atomic E-state index is 0.0454. The maximum absolute atomic E-state index is 13.0. The molecule has 1 aromatic rings. The lowest BCUT2D eigenvalue weighted by Crippen LogP contribution is -2.39. The van der Waals surface area contributed by atoms with Crippen LogP contribution in [0, 0.1) is 0 Å². The summed E-state index contributed by atoms with van der Waals surface area (Å²) in [5.41, 5.74) is 2.79. The lowest BCUT2D eigenvalue weighted by molar-refractivity contribution is -0.136. The van der Waals surface area contributed by atoms with E-state index < -0.39 is 12.0 Å². The van der Waals surface area contributed by atoms with Crippen molar-refractivity contribution in [1.82, 2.24) is 15.1 Å². The molecule has 1 atom stereocenters. The standard InChI is InChI=1S/C25H32N4O4S/c1-4-19-22(24(31)33-3)23(18-9-5-6-10-20(18)32-2)29-17(16-34-25(29)27-19)15-21(30)26-11-14-28-12-7-8-13-28/h5-6,9-10,16,23H,4,7-8,11-15H2,1-3H3,(H,26,30)/t23-/m0/s1. The van der Waals surface area contributed by atoms with Gasteiger partial charge in [-0.25, -0.2) is 9.79 Å². The van der Waals surface area contributed by atoms with Gasteiger partial charge in [0.2, 0.25) is 5.91 Å². The Morgan fingerprint density at radius 1 is 1.21 bits per heavy atom. The zero-order valence-electron chi connectivity index (χ0n) is 20.0. The number of likely N-dealkylation sites (tertiary alicyclic amines) is 1. The van der Waals surface area contributed by atoms with Crippen molar-refractivity contribution in [3.63, 3.8) is 0 Å². The van der Waals surface area contributed by atoms with E-state index in [1.807, 2.05) is 41.5 Å². The highest BCUT2D eigenvalue weighted by Gasteiger charge is 2.42. The molecule has 0 aliphatic carbocycles. The number of para-hydroxylation sites is 1. The van der Waals surface area contributed by atoms with E-state index in [4.69, 9.17) is 14.5 Å². The third-order valence-corrected chi connectivity index (χ3v) is 7.24. The van der Waals surface area contributed by atoms with Crippen molar-refractivity contribution in [3.8, 4) is 5.75 Å². The Bertz CT molecular complexity index is 1030. The van der Waals surface area contributed by atoms with Crippen molar-refractivity contribution in [2.24, 2.45) is 4.99 Å². The van der Waals surface area contributed by atoms with Crippen molar-refractivity contribution in [2.75, 3.05) is 40.4 Å². The number of hydrogen-bond acceptors (Lipinski definition) is 8. The van der Waals surface area contributed by atoms with Gasteiger partial charge >= 0.3 is 5.97 Å². The summed E-state index contributed by atoms with van der Waals surface area (Å²) in [5, 5.41) is 5.75. The van der Waals surface area contributed by atoms with Crippen LogP contribution in [0.15, 0.2) is 51.6 Å². The van der Waals surface area contributed by atoms with E-state index >= 15 is 0 Å². The van der Waals surface area contributed by atoms with Gasteiger partial charge in [-0.2, -0.15) is 0 Å². The highest BCUT2D eigenvalue weighted by atomic mass is 32.2. The van der Waals surface area contributed by atoms with Crippen LogP contribution >= 0.6 is 11.8 Å². The summed E-state index contributed by atoms with van der Waals surface area (Å²) >= 11 is 1.47. The molecule has 4 rings (SSSR count). The number of carbonyl (C=O) groups excluding carboxylic acids is 2. The number of aliphatic imine (C=N–C) groups is 1. The third-order valence-electron chi connectivity index (χ3n) is 6.35. The number of rotatable bonds is 9. The first kappa shape index (κ1) is 24.3. The zero-order chi connectivity index (χ0) is 24.1. The van der Waals surface area contributed by atoms with Gasteiger partial charge in [0, 0.05) is 24.4 Å². The summed E-state index contributed by atoms with van der Waals surface area (Å²) in [6.07, 6.45) is 3.25. The van der Waals surface area contributed by atoms with Crippen LogP contribution in [0.25, 0.3) is 0 Å². The number of benzene rings is 1. The van der Waals surface area contributed by atoms with E-state index in [0.29, 0.717) is 30.0 Å². The number of allylic oxidation sites excluding steroid dienone is 1. The molecular formula is C25H32N4O4S. The molecule has 0 aromatic heterocycles. The number of methoxy groups -OCH3 is 2. The molecule has 0 unspecified atom stereocenters. The molecule has 182 valence electrons. The Morgan fingerprint density at radius 2 is 1.97 bits per heavy atom. The van der Waals surface area contributed by atoms with Gasteiger partial charge in [0.1, 0.15) is 5.75 Å². The highest BCUT2D eigenvalue weighted by Crippen LogP contribution is 2.47. The van der Waals surface area contributed by atoms with Gasteiger partial charge in [-0.3, -0.25) is 4.79 Å². The molecule has 8 nitrogen and oxygen atoms in total. The van der Waals surface area contributed by atoms with Crippen LogP contribution in [-0.2, 0) is 14.3 Å². The van der Waals surface area contributed by atoms with Crippen LogP contribution in [0.2, 0.25) is 0 Å². The number of esters is 1. The average Bonchev–Trinajstić information content (AvgIpc) is 3.52. The van der Waals surface area contributed by atoms with Crippen molar-refractivity contribution >= 4 is 28.8 Å². The van der Waals surface area contributed by atoms with Gasteiger partial charge in [-0.05, 0) is 43.8 Å². The molecule has 34 heavy (non-hydrogen) atoms. The fourth-order valence-corrected chi connectivity index (χ4v) is 5.62. The fraction of sp³-hybridized carbons (Fsp3) is 0.480. The molecule has 3 heterocycles. The summed E-state index contributed by atoms with van der Waals surface area (Å²) in [7, 11) is 2.99. The van der Waals surface area contributed by atoms with Crippen molar-refractivity contribution in [2.45, 2.75) is 38.6 Å². The molecule has 0 bridgehead atoms. The normalized spacial score (nSPS) is 20.1. The van der Waals surface area contributed by atoms with Crippen LogP contribution in [0.5, 0.6) is 5.75 Å². The number of fused-ring (bicyclic) bond motifs is 1. The van der Waals surface area contributed by atoms with Gasteiger partial charge in [0.05, 0.1) is 38.0 Å². The number of thioether (sulfide) groups is 1. The van der Waals surface area contributed by atoms with Crippen LogP contribution in [0.4, 0.5) is 0 Å². The molecular weight excluding hydrogens is 452 g/mol. The Balaban J connectivity index is 1.60. The Hall–Kier alpha value is -2.78. The molecule has 1 saturated heterocycles. The second kappa shape index (κ2) is 11.1. The Kier molecular flexibility index (Phi) is 7.95. The quantitative estimate of drug-likeness (QED) is 0.538. The molecule has 1 aromatic carbocycles. The van der Waals surface area contributed by atoms with Crippen LogP contribution in [0.3, 0.4) is 0 Å². The lowest BCUT2D eigenvalue weighted by atomic mass is 9.92. The highest BCUT2D eigenvalue weighted by molar-refractivity contribution is 8.16. The first-order valence-electron chi connectivity index (χ1n) is 11.7. The summed E-state index contributed by atoms with van der Waals surface area (Å²) in [5.74, 6) is 0.190. The summed E-state index contributed by atoms with van der Waals surface area (Å²) in [4.78, 5) is 34.9. The molecule has 3 aliphatic heterocycles. The third kappa shape index (κ3) is 5.00. The maximum Gasteiger partial charge on any atom is 0.338 e. The van der Waals surface area contributed by atoms with Gasteiger partial charge in [0.15, 0.2) is 5.17 Å². The van der Waals surface area contributed by atoms with Gasteiger partial charge in [0.25, 0.3) is 0 Å². The number of amidine groups is 1. The van der Waals surface area contributed by atoms with E-state index in [2.05, 4.69) is 10.2 Å². The monoisotopic (exact) mass is 484 g/mol. The number of carbonyl (C=O) groups is 2. The van der Waals surface area contributed by atoms with E-state index in [-0.39, 0.29) is 12.3 Å². The molecule has 1 fully saturated rings. The summed E-state index contributed by atoms with van der Waals surface area (Å²) in [6, 6.07) is 7.13. The summed E-state index contributed by atoms with van der Waals surface area (Å²) in [6.45, 7) is 5.68. The van der Waals surface area contributed by atoms with Gasteiger partial charge in [-0.1, -0.05) is 36.9 Å². The molecule has 0 radical (unpaired) electrons. The van der Waals surface area contributed by atoms with Crippen molar-refractivity contribution in [1.29, 1.82) is 0 Å². The Labute approximate surface area is 205 Å². The largest absolute Gasteiger partial charge is 0.496 e. The first-order chi connectivity index (χ1) is 16.6. The Morgan fingerprint density at radius 3 is 2.68 bits per heavy atom. The van der Waals surface area contributed by atoms with E-state index in [9.17, 15) is 9.59 Å². The number of nitrogens with one attached hydrogen (secondary N) is 1. The van der Waals surface area contributed by atoms with Crippen molar-refractivity contribution < 1.29 is 19.1 Å². The predicted molar refractivity (Wildman–Crippen MR) is 133 cm³/mol. The lowest BCUT2D eigenvalue weighted by Gasteiger charge is -2.37. The molecule has 1 amide bonds. The topological polar surface area (TPSA) is 83.5 Å². The SMILES string of the molecule is CCC1=C(C(=O)OC)[C@H](c2ccccc2OC)N2C(CC(=O)NCCN3CCCC3)=CSC2=N1. The van der Waals surface area contributed by atoms with Gasteiger partial charge in [-0.15, -0.1) is 0 Å². The molecule has 0 spiro atoms. The first-order valence-corrected chi connectivity index (χ1v) is 12.6. The number of hydrogen-bond donors (Lipinski definition) is 1. The minimum Gasteiger partial charge on any atom is -0.496 e. The van der Waals surface area contributed by atoms with Gasteiger partial charge < -0.3 is 24.6 Å². The average molecular weight is 485 g/mol. The van der Waals surface area contributed by atoms with E-state index in [0.717, 1.165) is 36.1 Å². The van der Waals surface area contributed by atoms with Crippen LogP contribution in [-0.4, -0.2) is 67.2 Å². The molecule has 1 N–H and O–H groups in total. The molecule has 3 aliphatic rings. The van der Waals surface area contributed by atoms with Crippen LogP contribution in [0.1, 0.15) is 44.2 Å². The van der Waals surface area contributed by atoms with E-state index in [1.54, 1.807) is 7.11 Å². The van der Waals surface area contributed by atoms with Crippen LogP contribution < -0.4 is 10.1 Å². The maximum atomic E-state index is 13.0. The molecule has 9 heteroatoms. The smallest absolute Gasteiger partial charge is 0.338 e. The number of amides is 1. The molecule has 0 saturated carbocycles. The minimum atomic E-state index is -0.496. The number of ether oxygens (including phenoxy) is 2. The second-order valence-electron chi connectivity index (χ2n) is 8.42. The zero-order valence-corrected chi connectivity index (χ0v) is 20.8. The van der Waals surface area contributed by atoms with E-state index in [1.165, 1.54) is 31.7 Å². The second-order valence-corrected chi connectivity index (χ2v) is 9.25. The predicted octanol–water partition coefficient (Wildman–Crippen LogP) is 3.44. The fourth-order valence-electron chi connectivity index (χ4n) is 4.69.